The quantitative estimate of drug-likeness (QED) is 0.702. The number of nitrogens with one attached hydrogen (secondary N) is 1. The van der Waals surface area contributed by atoms with E-state index in [1.54, 1.807) is 0 Å². The standard InChI is InChI=1S/C14H26N2O3S/c1-5-6-15-10-14-12(2)9-13(19-14)11-16(3)7-8-20(4,17)18/h9,15H,5-8,10-11H2,1-4H3. The van der Waals surface area contributed by atoms with Gasteiger partial charge in [-0.25, -0.2) is 8.42 Å². The molecule has 6 heteroatoms. The Morgan fingerprint density at radius 2 is 2.10 bits per heavy atom. The Bertz CT molecular complexity index is 508. The van der Waals surface area contributed by atoms with Gasteiger partial charge in [-0.2, -0.15) is 0 Å². The largest absolute Gasteiger partial charge is 0.463 e. The molecule has 1 aromatic heterocycles. The summed E-state index contributed by atoms with van der Waals surface area (Å²) in [6.07, 6.45) is 2.36. The second-order valence-electron chi connectivity index (χ2n) is 5.36. The van der Waals surface area contributed by atoms with Crippen molar-refractivity contribution >= 4 is 9.84 Å². The maximum atomic E-state index is 11.1. The lowest BCUT2D eigenvalue weighted by Gasteiger charge is -2.14. The maximum absolute atomic E-state index is 11.1. The van der Waals surface area contributed by atoms with E-state index in [9.17, 15) is 8.42 Å². The van der Waals surface area contributed by atoms with Crippen LogP contribution in [0.15, 0.2) is 10.5 Å². The van der Waals surface area contributed by atoms with Gasteiger partial charge in [0.1, 0.15) is 21.4 Å². The monoisotopic (exact) mass is 302 g/mol. The first-order chi connectivity index (χ1) is 9.31. The zero-order chi connectivity index (χ0) is 15.2. The van der Waals surface area contributed by atoms with E-state index in [2.05, 4.69) is 12.2 Å². The molecule has 20 heavy (non-hydrogen) atoms. The molecule has 0 radical (unpaired) electrons. The van der Waals surface area contributed by atoms with Crippen LogP contribution in [-0.4, -0.2) is 45.5 Å². The van der Waals surface area contributed by atoms with E-state index >= 15 is 0 Å². The number of furan rings is 1. The van der Waals surface area contributed by atoms with Crippen LogP contribution in [0.25, 0.3) is 0 Å². The number of hydrogen-bond donors (Lipinski definition) is 1. The summed E-state index contributed by atoms with van der Waals surface area (Å²) in [6, 6.07) is 2.03. The van der Waals surface area contributed by atoms with Crippen molar-refractivity contribution in [2.24, 2.45) is 0 Å². The highest BCUT2D eigenvalue weighted by molar-refractivity contribution is 7.90. The third-order valence-electron chi connectivity index (χ3n) is 3.05. The zero-order valence-electron chi connectivity index (χ0n) is 12.9. The molecule has 0 spiro atoms. The van der Waals surface area contributed by atoms with Crippen LogP contribution in [0.4, 0.5) is 0 Å². The van der Waals surface area contributed by atoms with Gasteiger partial charge in [-0.3, -0.25) is 4.90 Å². The lowest BCUT2D eigenvalue weighted by molar-refractivity contribution is 0.303. The van der Waals surface area contributed by atoms with Crippen molar-refractivity contribution in [2.75, 3.05) is 32.1 Å². The van der Waals surface area contributed by atoms with Crippen LogP contribution in [0.3, 0.4) is 0 Å². The molecule has 1 aromatic rings. The number of aryl methyl sites for hydroxylation is 1. The van der Waals surface area contributed by atoms with Crippen molar-refractivity contribution in [3.63, 3.8) is 0 Å². The number of sulfone groups is 1. The van der Waals surface area contributed by atoms with Crippen molar-refractivity contribution in [1.29, 1.82) is 0 Å². The van der Waals surface area contributed by atoms with Gasteiger partial charge >= 0.3 is 0 Å². The smallest absolute Gasteiger partial charge is 0.148 e. The predicted molar refractivity (Wildman–Crippen MR) is 81.5 cm³/mol. The molecule has 0 aliphatic rings. The molecule has 1 N–H and O–H groups in total. The van der Waals surface area contributed by atoms with Crippen molar-refractivity contribution in [3.05, 3.63) is 23.2 Å². The molecule has 0 saturated heterocycles. The maximum Gasteiger partial charge on any atom is 0.148 e. The van der Waals surface area contributed by atoms with Gasteiger partial charge in [0.05, 0.1) is 18.8 Å². The summed E-state index contributed by atoms with van der Waals surface area (Å²) in [5, 5.41) is 3.32. The van der Waals surface area contributed by atoms with Crippen LogP contribution in [0.5, 0.6) is 0 Å². The average molecular weight is 302 g/mol. The van der Waals surface area contributed by atoms with Crippen molar-refractivity contribution < 1.29 is 12.8 Å². The Morgan fingerprint density at radius 3 is 2.70 bits per heavy atom. The summed E-state index contributed by atoms with van der Waals surface area (Å²) in [6.45, 7) is 7.03. The van der Waals surface area contributed by atoms with Gasteiger partial charge in [-0.1, -0.05) is 6.92 Å². The normalized spacial score (nSPS) is 12.2. The van der Waals surface area contributed by atoms with Gasteiger partial charge < -0.3 is 9.73 Å². The molecule has 0 atom stereocenters. The van der Waals surface area contributed by atoms with Crippen LogP contribution >= 0.6 is 0 Å². The summed E-state index contributed by atoms with van der Waals surface area (Å²) in [7, 11) is -1.01. The zero-order valence-corrected chi connectivity index (χ0v) is 13.7. The molecule has 0 unspecified atom stereocenters. The van der Waals surface area contributed by atoms with Gasteiger partial charge in [0, 0.05) is 12.8 Å². The predicted octanol–water partition coefficient (Wildman–Crippen LogP) is 1.56. The van der Waals surface area contributed by atoms with E-state index in [0.29, 0.717) is 13.1 Å². The SMILES string of the molecule is CCCNCc1oc(CN(C)CCS(C)(=O)=O)cc1C. The van der Waals surface area contributed by atoms with E-state index in [0.717, 1.165) is 36.6 Å². The highest BCUT2D eigenvalue weighted by Gasteiger charge is 2.11. The summed E-state index contributed by atoms with van der Waals surface area (Å²) in [5.41, 5.74) is 1.14. The molecule has 1 rings (SSSR count). The van der Waals surface area contributed by atoms with E-state index in [4.69, 9.17) is 4.42 Å². The van der Waals surface area contributed by atoms with E-state index in [1.165, 1.54) is 6.26 Å². The molecule has 0 aliphatic carbocycles. The molecule has 0 fully saturated rings. The molecule has 1 heterocycles. The molecule has 0 aromatic carbocycles. The Labute approximate surface area is 122 Å². The first-order valence-electron chi connectivity index (χ1n) is 6.97. The highest BCUT2D eigenvalue weighted by atomic mass is 32.2. The van der Waals surface area contributed by atoms with Crippen LogP contribution in [-0.2, 0) is 22.9 Å². The van der Waals surface area contributed by atoms with Crippen LogP contribution in [0.2, 0.25) is 0 Å². The Kier molecular flexibility index (Phi) is 6.71. The second-order valence-corrected chi connectivity index (χ2v) is 7.62. The molecule has 5 nitrogen and oxygen atoms in total. The summed E-state index contributed by atoms with van der Waals surface area (Å²) in [5.74, 6) is 2.02. The third kappa shape index (κ3) is 6.54. The minimum atomic E-state index is -2.91. The summed E-state index contributed by atoms with van der Waals surface area (Å²) in [4.78, 5) is 1.96. The number of nitrogens with zero attached hydrogens (tertiary/aromatic N) is 1. The second kappa shape index (κ2) is 7.81. The lowest BCUT2D eigenvalue weighted by atomic mass is 10.2. The highest BCUT2D eigenvalue weighted by Crippen LogP contribution is 2.15. The first-order valence-corrected chi connectivity index (χ1v) is 9.03. The van der Waals surface area contributed by atoms with Gasteiger partial charge in [0.25, 0.3) is 0 Å². The van der Waals surface area contributed by atoms with E-state index in [1.807, 2.05) is 24.9 Å². The topological polar surface area (TPSA) is 62.6 Å². The van der Waals surface area contributed by atoms with Gasteiger partial charge in [-0.05, 0) is 38.6 Å². The van der Waals surface area contributed by atoms with Crippen LogP contribution < -0.4 is 5.32 Å². The number of hydrogen-bond acceptors (Lipinski definition) is 5. The van der Waals surface area contributed by atoms with Crippen molar-refractivity contribution in [1.82, 2.24) is 10.2 Å². The Hall–Kier alpha value is -0.850. The average Bonchev–Trinajstić information content (AvgIpc) is 2.67. The van der Waals surface area contributed by atoms with Gasteiger partial charge in [-0.15, -0.1) is 0 Å². The van der Waals surface area contributed by atoms with Crippen LogP contribution in [0.1, 0.15) is 30.4 Å². The van der Waals surface area contributed by atoms with E-state index < -0.39 is 9.84 Å². The van der Waals surface area contributed by atoms with Gasteiger partial charge in [0.15, 0.2) is 0 Å². The fourth-order valence-electron chi connectivity index (χ4n) is 1.89. The molecule has 116 valence electrons. The first kappa shape index (κ1) is 17.2. The minimum Gasteiger partial charge on any atom is -0.463 e. The molecule has 0 amide bonds. The fraction of sp³-hybridized carbons (Fsp3) is 0.714. The molecule has 0 bridgehead atoms. The Balaban J connectivity index is 2.49. The van der Waals surface area contributed by atoms with Crippen molar-refractivity contribution in [3.8, 4) is 0 Å². The molecular weight excluding hydrogens is 276 g/mol. The van der Waals surface area contributed by atoms with Crippen LogP contribution in [0, 0.1) is 6.92 Å². The summed E-state index contributed by atoms with van der Waals surface area (Å²) < 4.78 is 28.1. The summed E-state index contributed by atoms with van der Waals surface area (Å²) >= 11 is 0. The van der Waals surface area contributed by atoms with Crippen molar-refractivity contribution in [2.45, 2.75) is 33.4 Å². The minimum absolute atomic E-state index is 0.175. The van der Waals surface area contributed by atoms with Gasteiger partial charge in [0.2, 0.25) is 0 Å². The third-order valence-corrected chi connectivity index (χ3v) is 3.98. The number of rotatable bonds is 9. The molecule has 0 aliphatic heterocycles. The van der Waals surface area contributed by atoms with E-state index in [-0.39, 0.29) is 5.75 Å². The molecule has 0 saturated carbocycles. The fourth-order valence-corrected chi connectivity index (χ4v) is 2.53. The molecular formula is C14H26N2O3S. The Morgan fingerprint density at radius 1 is 1.40 bits per heavy atom. The lowest BCUT2D eigenvalue weighted by Crippen LogP contribution is -2.24.